The van der Waals surface area contributed by atoms with E-state index in [4.69, 9.17) is 5.73 Å². The summed E-state index contributed by atoms with van der Waals surface area (Å²) in [5, 5.41) is 3.91. The van der Waals surface area contributed by atoms with E-state index in [2.05, 4.69) is 29.9 Å². The summed E-state index contributed by atoms with van der Waals surface area (Å²) in [6.45, 7) is 4.54. The van der Waals surface area contributed by atoms with Crippen LogP contribution in [0.25, 0.3) is 27.7 Å². The van der Waals surface area contributed by atoms with E-state index in [1.807, 2.05) is 42.5 Å². The third kappa shape index (κ3) is 4.84. The van der Waals surface area contributed by atoms with E-state index >= 15 is 0 Å². The lowest BCUT2D eigenvalue weighted by atomic mass is 9.99. The van der Waals surface area contributed by atoms with Gasteiger partial charge in [0.2, 0.25) is 5.91 Å². The van der Waals surface area contributed by atoms with E-state index in [-0.39, 0.29) is 18.2 Å². The molecule has 176 valence electrons. The molecule has 1 heterocycles. The maximum atomic E-state index is 13.0. The summed E-state index contributed by atoms with van der Waals surface area (Å²) < 4.78 is 40.9. The number of carbonyl (C=O) groups is 1. The molecule has 0 atom stereocenters. The molecule has 0 fully saturated rings. The first-order chi connectivity index (χ1) is 16.2. The highest BCUT2D eigenvalue weighted by Gasteiger charge is 2.30. The normalized spacial score (nSPS) is 11.9. The van der Waals surface area contributed by atoms with Crippen molar-refractivity contribution in [3.05, 3.63) is 84.1 Å². The lowest BCUT2D eigenvalue weighted by Crippen LogP contribution is -2.16. The lowest BCUT2D eigenvalue weighted by Gasteiger charge is -2.10. The molecule has 3 aromatic carbocycles. The van der Waals surface area contributed by atoms with Crippen LogP contribution in [0.2, 0.25) is 0 Å². The Morgan fingerprint density at radius 2 is 1.62 bits per heavy atom. The summed E-state index contributed by atoms with van der Waals surface area (Å²) in [7, 11) is 0. The zero-order chi connectivity index (χ0) is 24.5. The van der Waals surface area contributed by atoms with E-state index in [9.17, 15) is 18.0 Å². The Hall–Kier alpha value is -3.58. The topological polar surface area (TPSA) is 60.0 Å². The summed E-state index contributed by atoms with van der Waals surface area (Å²) in [6.07, 6.45) is -2.01. The van der Waals surface area contributed by atoms with Crippen molar-refractivity contribution in [2.45, 2.75) is 32.4 Å². The zero-order valence-electron chi connectivity index (χ0n) is 19.0. The standard InChI is InChI=1S/C27H26F3N3O/c1-17(2)24-16-33(22-10-8-21(9-11-22)32-26(34)13-14-31)25-15-19(5-12-23(24)25)18-3-6-20(7-4-18)27(28,29)30/h3-12,15-17H,13-14,31H2,1-2H3,(H,32,34). The van der Waals surface area contributed by atoms with E-state index in [0.29, 0.717) is 17.8 Å². The van der Waals surface area contributed by atoms with E-state index in [0.717, 1.165) is 34.3 Å². The van der Waals surface area contributed by atoms with Crippen molar-refractivity contribution >= 4 is 22.5 Å². The molecule has 4 rings (SSSR count). The van der Waals surface area contributed by atoms with Gasteiger partial charge < -0.3 is 15.6 Å². The number of rotatable bonds is 6. The van der Waals surface area contributed by atoms with E-state index in [1.165, 1.54) is 17.7 Å². The number of benzene rings is 3. The number of anilines is 1. The molecule has 0 aliphatic carbocycles. The fraction of sp³-hybridized carbons (Fsp3) is 0.222. The van der Waals surface area contributed by atoms with Gasteiger partial charge in [0.25, 0.3) is 0 Å². The fourth-order valence-corrected chi connectivity index (χ4v) is 4.02. The number of alkyl halides is 3. The number of carbonyl (C=O) groups excluding carboxylic acids is 1. The number of hydrogen-bond donors (Lipinski definition) is 2. The first kappa shape index (κ1) is 23.6. The highest BCUT2D eigenvalue weighted by Crippen LogP contribution is 2.35. The second-order valence-corrected chi connectivity index (χ2v) is 8.55. The third-order valence-corrected chi connectivity index (χ3v) is 5.80. The molecule has 3 N–H and O–H groups in total. The molecule has 34 heavy (non-hydrogen) atoms. The van der Waals surface area contributed by atoms with Crippen LogP contribution >= 0.6 is 0 Å². The van der Waals surface area contributed by atoms with Crippen LogP contribution < -0.4 is 11.1 Å². The second-order valence-electron chi connectivity index (χ2n) is 8.55. The van der Waals surface area contributed by atoms with Crippen LogP contribution in [0, 0.1) is 0 Å². The van der Waals surface area contributed by atoms with Gasteiger partial charge in [0.1, 0.15) is 0 Å². The Balaban J connectivity index is 1.74. The monoisotopic (exact) mass is 465 g/mol. The van der Waals surface area contributed by atoms with Gasteiger partial charge >= 0.3 is 6.18 Å². The molecule has 4 aromatic rings. The molecule has 1 aromatic heterocycles. The molecule has 0 unspecified atom stereocenters. The second kappa shape index (κ2) is 9.35. The molecule has 0 aliphatic heterocycles. The molecule has 1 amide bonds. The average molecular weight is 466 g/mol. The van der Waals surface area contributed by atoms with Crippen LogP contribution in [0.5, 0.6) is 0 Å². The zero-order valence-corrected chi connectivity index (χ0v) is 19.0. The van der Waals surface area contributed by atoms with Crippen molar-refractivity contribution in [3.8, 4) is 16.8 Å². The number of nitrogens with two attached hydrogens (primary N) is 1. The van der Waals surface area contributed by atoms with Gasteiger partial charge in [-0.05, 0) is 65.1 Å². The van der Waals surface area contributed by atoms with Crippen molar-refractivity contribution in [1.82, 2.24) is 4.57 Å². The first-order valence-corrected chi connectivity index (χ1v) is 11.1. The summed E-state index contributed by atoms with van der Waals surface area (Å²) in [6, 6.07) is 18.7. The van der Waals surface area contributed by atoms with Gasteiger partial charge in [-0.2, -0.15) is 13.2 Å². The molecule has 0 bridgehead atoms. The van der Waals surface area contributed by atoms with Gasteiger partial charge in [-0.1, -0.05) is 38.1 Å². The number of fused-ring (bicyclic) bond motifs is 1. The Labute approximate surface area is 196 Å². The van der Waals surface area contributed by atoms with Crippen LogP contribution in [-0.4, -0.2) is 17.0 Å². The Kier molecular flexibility index (Phi) is 6.48. The van der Waals surface area contributed by atoms with Crippen LogP contribution in [0.15, 0.2) is 72.9 Å². The molecular weight excluding hydrogens is 439 g/mol. The van der Waals surface area contributed by atoms with E-state index in [1.54, 1.807) is 0 Å². The van der Waals surface area contributed by atoms with Crippen molar-refractivity contribution in [2.24, 2.45) is 5.73 Å². The minimum atomic E-state index is -4.36. The molecule has 0 saturated heterocycles. The molecule has 7 heteroatoms. The van der Waals surface area contributed by atoms with Gasteiger partial charge in [0.15, 0.2) is 0 Å². The van der Waals surface area contributed by atoms with Gasteiger partial charge in [0.05, 0.1) is 11.1 Å². The summed E-state index contributed by atoms with van der Waals surface area (Å²) in [5.41, 5.74) is 10.1. The molecule has 0 saturated carbocycles. The smallest absolute Gasteiger partial charge is 0.330 e. The van der Waals surface area contributed by atoms with Crippen LogP contribution in [-0.2, 0) is 11.0 Å². The highest BCUT2D eigenvalue weighted by atomic mass is 19.4. The average Bonchev–Trinajstić information content (AvgIpc) is 3.18. The van der Waals surface area contributed by atoms with Crippen LogP contribution in [0.3, 0.4) is 0 Å². The van der Waals surface area contributed by atoms with Gasteiger partial charge in [0, 0.05) is 35.9 Å². The Bertz CT molecular complexity index is 1300. The van der Waals surface area contributed by atoms with Gasteiger partial charge in [-0.3, -0.25) is 4.79 Å². The van der Waals surface area contributed by atoms with E-state index < -0.39 is 11.7 Å². The number of nitrogens with one attached hydrogen (secondary N) is 1. The first-order valence-electron chi connectivity index (χ1n) is 11.1. The van der Waals surface area contributed by atoms with Crippen LogP contribution in [0.1, 0.15) is 37.3 Å². The predicted molar refractivity (Wildman–Crippen MR) is 130 cm³/mol. The highest BCUT2D eigenvalue weighted by molar-refractivity contribution is 5.92. The molecule has 0 aliphatic rings. The maximum Gasteiger partial charge on any atom is 0.416 e. The van der Waals surface area contributed by atoms with Crippen molar-refractivity contribution in [2.75, 3.05) is 11.9 Å². The maximum absolute atomic E-state index is 13.0. The van der Waals surface area contributed by atoms with Gasteiger partial charge in [-0.25, -0.2) is 0 Å². The van der Waals surface area contributed by atoms with Crippen LogP contribution in [0.4, 0.5) is 18.9 Å². The van der Waals surface area contributed by atoms with Crippen molar-refractivity contribution in [1.29, 1.82) is 0 Å². The van der Waals surface area contributed by atoms with Crippen molar-refractivity contribution in [3.63, 3.8) is 0 Å². The summed E-state index contributed by atoms with van der Waals surface area (Å²) in [5.74, 6) is 0.153. The molecule has 0 radical (unpaired) electrons. The number of aromatic nitrogens is 1. The summed E-state index contributed by atoms with van der Waals surface area (Å²) >= 11 is 0. The largest absolute Gasteiger partial charge is 0.416 e. The van der Waals surface area contributed by atoms with Crippen molar-refractivity contribution < 1.29 is 18.0 Å². The molecule has 4 nitrogen and oxygen atoms in total. The lowest BCUT2D eigenvalue weighted by molar-refractivity contribution is -0.137. The molecular formula is C27H26F3N3O. The minimum absolute atomic E-state index is 0.134. The fourth-order valence-electron chi connectivity index (χ4n) is 4.02. The predicted octanol–water partition coefficient (Wildman–Crippen LogP) is 6.73. The summed E-state index contributed by atoms with van der Waals surface area (Å²) in [4.78, 5) is 11.8. The van der Waals surface area contributed by atoms with Gasteiger partial charge in [-0.15, -0.1) is 0 Å². The third-order valence-electron chi connectivity index (χ3n) is 5.80. The number of amides is 1. The number of halogens is 3. The SMILES string of the molecule is CC(C)c1cn(-c2ccc(NC(=O)CCN)cc2)c2cc(-c3ccc(C(F)(F)F)cc3)ccc12. The minimum Gasteiger partial charge on any atom is -0.330 e. The Morgan fingerprint density at radius 1 is 0.971 bits per heavy atom. The Morgan fingerprint density at radius 3 is 2.21 bits per heavy atom. The number of nitrogens with zero attached hydrogens (tertiary/aromatic N) is 1. The number of hydrogen-bond acceptors (Lipinski definition) is 2. The quantitative estimate of drug-likeness (QED) is 0.332. The molecule has 0 spiro atoms.